The number of carbonyl (C=O) groups excluding carboxylic acids is 1. The van der Waals surface area contributed by atoms with Crippen molar-refractivity contribution in [2.75, 3.05) is 14.1 Å². The average molecular weight is 253 g/mol. The highest BCUT2D eigenvalue weighted by Crippen LogP contribution is 2.24. The van der Waals surface area contributed by atoms with Gasteiger partial charge in [0.2, 0.25) is 5.91 Å². The van der Waals surface area contributed by atoms with E-state index in [9.17, 15) is 4.79 Å². The van der Waals surface area contributed by atoms with E-state index in [1.165, 1.54) is 0 Å². The van der Waals surface area contributed by atoms with E-state index in [1.54, 1.807) is 19.0 Å². The molecule has 0 aliphatic carbocycles. The molecule has 5 nitrogen and oxygen atoms in total. The van der Waals surface area contributed by atoms with Crippen LogP contribution in [0.15, 0.2) is 4.52 Å². The van der Waals surface area contributed by atoms with E-state index in [1.807, 2.05) is 20.8 Å². The van der Waals surface area contributed by atoms with Gasteiger partial charge in [-0.1, -0.05) is 12.1 Å². The first-order valence-corrected chi connectivity index (χ1v) is 6.28. The van der Waals surface area contributed by atoms with E-state index in [4.69, 9.17) is 4.52 Å². The third-order valence-corrected chi connectivity index (χ3v) is 3.11. The van der Waals surface area contributed by atoms with Crippen LogP contribution in [0.4, 0.5) is 0 Å². The van der Waals surface area contributed by atoms with E-state index < -0.39 is 0 Å². The first-order valence-electron chi connectivity index (χ1n) is 6.28. The van der Waals surface area contributed by atoms with Crippen LogP contribution in [0, 0.1) is 13.8 Å². The zero-order valence-electron chi connectivity index (χ0n) is 12.1. The molecule has 1 aromatic heterocycles. The molecule has 0 saturated heterocycles. The van der Waals surface area contributed by atoms with E-state index in [0.29, 0.717) is 0 Å². The topological polar surface area (TPSA) is 58.4 Å². The lowest BCUT2D eigenvalue weighted by Gasteiger charge is -2.24. The highest BCUT2D eigenvalue weighted by molar-refractivity contribution is 5.80. The monoisotopic (exact) mass is 253 g/mol. The van der Waals surface area contributed by atoms with Crippen molar-refractivity contribution >= 4 is 5.91 Å². The maximum atomic E-state index is 11.9. The number of hydrogen-bond donors (Lipinski definition) is 1. The predicted octanol–water partition coefficient (Wildman–Crippen LogP) is 1.81. The molecule has 1 heterocycles. The maximum Gasteiger partial charge on any atom is 0.238 e. The second-order valence-corrected chi connectivity index (χ2v) is 4.82. The Bertz CT molecular complexity index is 393. The fourth-order valence-electron chi connectivity index (χ4n) is 2.15. The number of amides is 1. The zero-order chi connectivity index (χ0) is 13.9. The van der Waals surface area contributed by atoms with Gasteiger partial charge >= 0.3 is 0 Å². The van der Waals surface area contributed by atoms with Crippen LogP contribution < -0.4 is 5.32 Å². The molecular weight excluding hydrogens is 230 g/mol. The van der Waals surface area contributed by atoms with Gasteiger partial charge in [0.15, 0.2) is 0 Å². The number of aryl methyl sites for hydroxylation is 2. The zero-order valence-corrected chi connectivity index (χ0v) is 12.1. The van der Waals surface area contributed by atoms with E-state index in [-0.39, 0.29) is 18.0 Å². The molecule has 0 bridgehead atoms. The molecule has 0 aliphatic heterocycles. The first kappa shape index (κ1) is 14.7. The number of carbonyl (C=O) groups is 1. The Balaban J connectivity index is 2.83. The van der Waals surface area contributed by atoms with Crippen molar-refractivity contribution in [3.63, 3.8) is 0 Å². The van der Waals surface area contributed by atoms with E-state index in [2.05, 4.69) is 17.4 Å². The summed E-state index contributed by atoms with van der Waals surface area (Å²) in [6.07, 6.45) is 0.883. The molecule has 5 heteroatoms. The fourth-order valence-corrected chi connectivity index (χ4v) is 2.15. The minimum atomic E-state index is -0.223. The van der Waals surface area contributed by atoms with Gasteiger partial charge in [0.1, 0.15) is 5.76 Å². The molecule has 0 aliphatic rings. The molecule has 1 N–H and O–H groups in total. The van der Waals surface area contributed by atoms with Crippen molar-refractivity contribution in [3.05, 3.63) is 17.0 Å². The highest BCUT2D eigenvalue weighted by atomic mass is 16.5. The summed E-state index contributed by atoms with van der Waals surface area (Å²) in [5.74, 6) is 0.886. The largest absolute Gasteiger partial charge is 0.361 e. The second kappa shape index (κ2) is 6.00. The summed E-state index contributed by atoms with van der Waals surface area (Å²) in [6, 6.07) is -0.131. The van der Waals surface area contributed by atoms with Gasteiger partial charge in [0.25, 0.3) is 0 Å². The number of nitrogens with one attached hydrogen (secondary N) is 1. The lowest BCUT2D eigenvalue weighted by Crippen LogP contribution is -2.43. The van der Waals surface area contributed by atoms with Crippen LogP contribution in [0.25, 0.3) is 0 Å². The molecule has 0 aromatic carbocycles. The summed E-state index contributed by atoms with van der Waals surface area (Å²) in [6.45, 7) is 7.78. The van der Waals surface area contributed by atoms with Crippen molar-refractivity contribution in [2.24, 2.45) is 0 Å². The van der Waals surface area contributed by atoms with Gasteiger partial charge in [-0.3, -0.25) is 10.1 Å². The van der Waals surface area contributed by atoms with Gasteiger partial charge in [0, 0.05) is 25.7 Å². The lowest BCUT2D eigenvalue weighted by atomic mass is 10.0. The summed E-state index contributed by atoms with van der Waals surface area (Å²) in [5.41, 5.74) is 1.95. The molecule has 102 valence electrons. The molecule has 0 radical (unpaired) electrons. The Kier molecular flexibility index (Phi) is 4.90. The van der Waals surface area contributed by atoms with Crippen molar-refractivity contribution in [2.45, 2.75) is 46.2 Å². The molecule has 1 amide bonds. The van der Waals surface area contributed by atoms with Crippen LogP contribution >= 0.6 is 0 Å². The SMILES string of the molecule is CC[C@@H](N[C@@H](C)C(=O)N(C)C)c1c(C)noc1C. The second-order valence-electron chi connectivity index (χ2n) is 4.82. The van der Waals surface area contributed by atoms with Crippen molar-refractivity contribution in [1.29, 1.82) is 0 Å². The molecule has 2 atom stereocenters. The van der Waals surface area contributed by atoms with E-state index >= 15 is 0 Å². The Morgan fingerprint density at radius 1 is 1.44 bits per heavy atom. The predicted molar refractivity (Wildman–Crippen MR) is 70.3 cm³/mol. The summed E-state index contributed by atoms with van der Waals surface area (Å²) in [4.78, 5) is 13.5. The van der Waals surface area contributed by atoms with Gasteiger partial charge in [-0.25, -0.2) is 0 Å². The Hall–Kier alpha value is -1.36. The smallest absolute Gasteiger partial charge is 0.238 e. The number of nitrogens with zero attached hydrogens (tertiary/aromatic N) is 2. The van der Waals surface area contributed by atoms with Gasteiger partial charge in [-0.2, -0.15) is 0 Å². The van der Waals surface area contributed by atoms with Crippen LogP contribution in [0.2, 0.25) is 0 Å². The molecule has 0 unspecified atom stereocenters. The minimum Gasteiger partial charge on any atom is -0.361 e. The highest BCUT2D eigenvalue weighted by Gasteiger charge is 2.23. The maximum absolute atomic E-state index is 11.9. The van der Waals surface area contributed by atoms with Gasteiger partial charge in [-0.15, -0.1) is 0 Å². The van der Waals surface area contributed by atoms with Crippen molar-refractivity contribution in [1.82, 2.24) is 15.4 Å². The molecule has 1 aromatic rings. The minimum absolute atomic E-state index is 0.0696. The summed E-state index contributed by atoms with van der Waals surface area (Å²) in [5, 5.41) is 7.30. The number of rotatable bonds is 5. The van der Waals surface area contributed by atoms with Crippen LogP contribution in [-0.2, 0) is 4.79 Å². The Morgan fingerprint density at radius 2 is 2.06 bits per heavy atom. The van der Waals surface area contributed by atoms with Gasteiger partial charge in [-0.05, 0) is 27.2 Å². The van der Waals surface area contributed by atoms with Crippen molar-refractivity contribution < 1.29 is 9.32 Å². The summed E-state index contributed by atoms with van der Waals surface area (Å²) in [7, 11) is 3.52. The Morgan fingerprint density at radius 3 is 2.44 bits per heavy atom. The quantitative estimate of drug-likeness (QED) is 0.869. The van der Waals surface area contributed by atoms with Crippen LogP contribution in [-0.4, -0.2) is 36.1 Å². The normalized spacial score (nSPS) is 14.3. The van der Waals surface area contributed by atoms with Crippen LogP contribution in [0.1, 0.15) is 43.3 Å². The number of likely N-dealkylation sites (N-methyl/N-ethyl adjacent to an activating group) is 1. The van der Waals surface area contributed by atoms with Crippen molar-refractivity contribution in [3.8, 4) is 0 Å². The third-order valence-electron chi connectivity index (χ3n) is 3.11. The molecular formula is C13H23N3O2. The molecule has 1 rings (SSSR count). The van der Waals surface area contributed by atoms with Crippen LogP contribution in [0.5, 0.6) is 0 Å². The molecule has 0 saturated carbocycles. The summed E-state index contributed by atoms with van der Waals surface area (Å²) >= 11 is 0. The van der Waals surface area contributed by atoms with E-state index in [0.717, 1.165) is 23.4 Å². The third kappa shape index (κ3) is 3.10. The first-order chi connectivity index (χ1) is 8.38. The fraction of sp³-hybridized carbons (Fsp3) is 0.692. The average Bonchev–Trinajstić information content (AvgIpc) is 2.65. The van der Waals surface area contributed by atoms with Crippen LogP contribution in [0.3, 0.4) is 0 Å². The molecule has 0 fully saturated rings. The number of aromatic nitrogens is 1. The Labute approximate surface area is 109 Å². The standard InChI is InChI=1S/C13H23N3O2/c1-7-11(12-8(2)15-18-10(12)4)14-9(3)13(17)16(5)6/h9,11,14H,7H2,1-6H3/t9-,11+/m0/s1. The molecule has 0 spiro atoms. The summed E-state index contributed by atoms with van der Waals surface area (Å²) < 4.78 is 5.18. The lowest BCUT2D eigenvalue weighted by molar-refractivity contribution is -0.130. The number of hydrogen-bond acceptors (Lipinski definition) is 4. The molecule has 18 heavy (non-hydrogen) atoms. The van der Waals surface area contributed by atoms with Gasteiger partial charge in [0.05, 0.1) is 11.7 Å². The van der Waals surface area contributed by atoms with Gasteiger partial charge < -0.3 is 9.42 Å².